The molecule has 0 bridgehead atoms. The smallest absolute Gasteiger partial charge is 0.348 e. The number of anilines is 1. The van der Waals surface area contributed by atoms with Crippen molar-refractivity contribution in [2.24, 2.45) is 0 Å². The molecule has 9 heteroatoms. The van der Waals surface area contributed by atoms with E-state index >= 15 is 0 Å². The number of hydrogen-bond donors (Lipinski definition) is 1. The van der Waals surface area contributed by atoms with Crippen LogP contribution in [0.25, 0.3) is 0 Å². The second-order valence-electron chi connectivity index (χ2n) is 4.79. The van der Waals surface area contributed by atoms with Gasteiger partial charge in [-0.2, -0.15) is 5.26 Å². The number of hydrogen-bond acceptors (Lipinski definition) is 6. The van der Waals surface area contributed by atoms with E-state index in [1.54, 1.807) is 19.1 Å². The predicted octanol–water partition coefficient (Wildman–Crippen LogP) is 4.50. The summed E-state index contributed by atoms with van der Waals surface area (Å²) >= 11 is 7.66. The maximum atomic E-state index is 12.7. The normalized spacial score (nSPS) is 10.1. The lowest BCUT2D eigenvalue weighted by Gasteiger charge is -2.11. The van der Waals surface area contributed by atoms with Gasteiger partial charge in [0.15, 0.2) is 0 Å². The van der Waals surface area contributed by atoms with E-state index in [2.05, 4.69) is 37.2 Å². The average Bonchev–Trinajstić information content (AvgIpc) is 2.88. The first-order chi connectivity index (χ1) is 11.8. The van der Waals surface area contributed by atoms with Crippen LogP contribution < -0.4 is 10.1 Å². The first-order valence-corrected chi connectivity index (χ1v) is 9.20. The van der Waals surface area contributed by atoms with Crippen LogP contribution in [0.5, 0.6) is 5.75 Å². The Hall–Kier alpha value is -1.89. The third-order valence-electron chi connectivity index (χ3n) is 3.31. The van der Waals surface area contributed by atoms with Crippen molar-refractivity contribution in [1.82, 2.24) is 0 Å². The van der Waals surface area contributed by atoms with Crippen LogP contribution in [0.4, 0.5) is 5.00 Å². The summed E-state index contributed by atoms with van der Waals surface area (Å²) in [5, 5.41) is 12.3. The average molecular weight is 488 g/mol. The molecule has 0 radical (unpaired) electrons. The lowest BCUT2D eigenvalue weighted by atomic mass is 10.1. The molecule has 0 unspecified atom stereocenters. The van der Waals surface area contributed by atoms with Gasteiger partial charge >= 0.3 is 5.97 Å². The molecule has 0 saturated carbocycles. The highest BCUT2D eigenvalue weighted by molar-refractivity contribution is 9.11. The zero-order valence-corrected chi connectivity index (χ0v) is 17.4. The summed E-state index contributed by atoms with van der Waals surface area (Å²) in [6.45, 7) is 1.63. The first-order valence-electron chi connectivity index (χ1n) is 6.80. The van der Waals surface area contributed by atoms with Gasteiger partial charge in [0.25, 0.3) is 5.91 Å². The second kappa shape index (κ2) is 7.99. The molecule has 0 aliphatic heterocycles. The predicted molar refractivity (Wildman–Crippen MR) is 101 cm³/mol. The molecule has 0 aliphatic rings. The summed E-state index contributed by atoms with van der Waals surface area (Å²) in [4.78, 5) is 24.7. The molecule has 130 valence electrons. The van der Waals surface area contributed by atoms with Crippen molar-refractivity contribution in [3.05, 3.63) is 42.6 Å². The van der Waals surface area contributed by atoms with Crippen LogP contribution in [-0.4, -0.2) is 26.1 Å². The van der Waals surface area contributed by atoms with E-state index in [0.717, 1.165) is 11.3 Å². The van der Waals surface area contributed by atoms with Gasteiger partial charge < -0.3 is 14.8 Å². The molecule has 1 aromatic heterocycles. The Labute approximate surface area is 165 Å². The van der Waals surface area contributed by atoms with Gasteiger partial charge in [0.05, 0.1) is 29.8 Å². The molecule has 0 saturated heterocycles. The van der Waals surface area contributed by atoms with Crippen LogP contribution in [0.15, 0.2) is 21.1 Å². The quantitative estimate of drug-likeness (QED) is 0.641. The van der Waals surface area contributed by atoms with Gasteiger partial charge in [-0.25, -0.2) is 4.79 Å². The van der Waals surface area contributed by atoms with Gasteiger partial charge in [-0.1, -0.05) is 15.9 Å². The molecule has 2 rings (SSSR count). The lowest BCUT2D eigenvalue weighted by molar-refractivity contribution is 0.0605. The molecule has 25 heavy (non-hydrogen) atoms. The van der Waals surface area contributed by atoms with E-state index in [1.165, 1.54) is 14.2 Å². The van der Waals surface area contributed by atoms with Gasteiger partial charge in [0, 0.05) is 4.47 Å². The minimum atomic E-state index is -0.553. The molecule has 0 aliphatic carbocycles. The molecule has 1 N–H and O–H groups in total. The maximum Gasteiger partial charge on any atom is 0.348 e. The highest BCUT2D eigenvalue weighted by Gasteiger charge is 2.24. The summed E-state index contributed by atoms with van der Waals surface area (Å²) in [5.74, 6) is -0.657. The number of carbonyl (C=O) groups is 2. The van der Waals surface area contributed by atoms with E-state index in [4.69, 9.17) is 9.47 Å². The number of rotatable bonds is 4. The summed E-state index contributed by atoms with van der Waals surface area (Å²) in [7, 11) is 2.71. The van der Waals surface area contributed by atoms with E-state index in [9.17, 15) is 14.9 Å². The monoisotopic (exact) mass is 486 g/mol. The minimum Gasteiger partial charge on any atom is -0.495 e. The highest BCUT2D eigenvalue weighted by Crippen LogP contribution is 2.36. The summed E-state index contributed by atoms with van der Waals surface area (Å²) in [6.07, 6.45) is 0. The van der Waals surface area contributed by atoms with Crippen molar-refractivity contribution < 1.29 is 19.1 Å². The number of nitrogens with one attached hydrogen (secondary N) is 1. The molecule has 0 fully saturated rings. The zero-order valence-electron chi connectivity index (χ0n) is 13.4. The van der Waals surface area contributed by atoms with E-state index < -0.39 is 11.9 Å². The molecule has 1 amide bonds. The Morgan fingerprint density at radius 1 is 1.28 bits per heavy atom. The summed E-state index contributed by atoms with van der Waals surface area (Å²) in [6, 6.07) is 5.36. The third kappa shape index (κ3) is 3.86. The van der Waals surface area contributed by atoms with Crippen molar-refractivity contribution in [2.75, 3.05) is 19.5 Å². The fraction of sp³-hybridized carbons (Fsp3) is 0.188. The number of amides is 1. The second-order valence-corrected chi connectivity index (χ2v) is 7.58. The van der Waals surface area contributed by atoms with Crippen molar-refractivity contribution in [2.45, 2.75) is 6.92 Å². The first kappa shape index (κ1) is 19.4. The van der Waals surface area contributed by atoms with E-state index in [-0.39, 0.29) is 21.0 Å². The number of halogens is 2. The van der Waals surface area contributed by atoms with Crippen molar-refractivity contribution in [1.29, 1.82) is 5.26 Å². The Kier molecular flexibility index (Phi) is 6.21. The van der Waals surface area contributed by atoms with Gasteiger partial charge in [-0.3, -0.25) is 4.79 Å². The molecular weight excluding hydrogens is 476 g/mol. The van der Waals surface area contributed by atoms with Crippen LogP contribution in [-0.2, 0) is 4.74 Å². The number of thiophene rings is 1. The number of carbonyl (C=O) groups excluding carboxylic acids is 2. The molecule has 1 heterocycles. The zero-order chi connectivity index (χ0) is 18.7. The van der Waals surface area contributed by atoms with E-state index in [1.807, 2.05) is 6.07 Å². The Bertz CT molecular complexity index is 903. The van der Waals surface area contributed by atoms with Crippen LogP contribution >= 0.6 is 43.2 Å². The van der Waals surface area contributed by atoms with Crippen LogP contribution in [0.2, 0.25) is 0 Å². The van der Waals surface area contributed by atoms with Gasteiger partial charge in [0.2, 0.25) is 0 Å². The molecule has 6 nitrogen and oxygen atoms in total. The Balaban J connectivity index is 2.46. The number of methoxy groups -OCH3 is 2. The fourth-order valence-corrected chi connectivity index (χ4v) is 4.59. The molecule has 0 spiro atoms. The summed E-state index contributed by atoms with van der Waals surface area (Å²) < 4.78 is 11.3. The lowest BCUT2D eigenvalue weighted by Crippen LogP contribution is -2.13. The topological polar surface area (TPSA) is 88.4 Å². The number of esters is 1. The number of benzene rings is 1. The third-order valence-corrected chi connectivity index (χ3v) is 5.55. The minimum absolute atomic E-state index is 0.228. The summed E-state index contributed by atoms with van der Waals surface area (Å²) in [5.41, 5.74) is 0.974. The number of nitrogens with zero attached hydrogens (tertiary/aromatic N) is 1. The number of nitriles is 1. The van der Waals surface area contributed by atoms with Crippen molar-refractivity contribution in [3.63, 3.8) is 0 Å². The molecule has 1 aromatic carbocycles. The fourth-order valence-electron chi connectivity index (χ4n) is 2.13. The van der Waals surface area contributed by atoms with Crippen LogP contribution in [0.1, 0.15) is 31.2 Å². The van der Waals surface area contributed by atoms with Gasteiger partial charge in [-0.05, 0) is 40.5 Å². The molecule has 2 aromatic rings. The Morgan fingerprint density at radius 3 is 2.52 bits per heavy atom. The van der Waals surface area contributed by atoms with Crippen molar-refractivity contribution in [3.8, 4) is 11.8 Å². The maximum absolute atomic E-state index is 12.7. The van der Waals surface area contributed by atoms with Crippen LogP contribution in [0.3, 0.4) is 0 Å². The largest absolute Gasteiger partial charge is 0.495 e. The van der Waals surface area contributed by atoms with E-state index in [0.29, 0.717) is 20.3 Å². The van der Waals surface area contributed by atoms with Gasteiger partial charge in [-0.15, -0.1) is 11.3 Å². The number of ether oxygens (including phenoxy) is 2. The molecular formula is C16H12Br2N2O4S. The standard InChI is InChI=1S/C16H12Br2N2O4S/c1-7-10(6-19)15(25-13(7)16(22)24-3)20-14(21)9-4-8(17)5-11(18)12(9)23-2/h4-5H,1-3H3,(H,20,21). The highest BCUT2D eigenvalue weighted by atomic mass is 79.9. The Morgan fingerprint density at radius 2 is 1.96 bits per heavy atom. The van der Waals surface area contributed by atoms with Crippen molar-refractivity contribution >= 4 is 60.1 Å². The SMILES string of the molecule is COC(=O)c1sc(NC(=O)c2cc(Br)cc(Br)c2OC)c(C#N)c1C. The van der Waals surface area contributed by atoms with Gasteiger partial charge in [0.1, 0.15) is 21.7 Å². The van der Waals surface area contributed by atoms with Crippen LogP contribution in [0, 0.1) is 18.3 Å². The molecule has 0 atom stereocenters.